The predicted octanol–water partition coefficient (Wildman–Crippen LogP) is 2.16. The van der Waals surface area contributed by atoms with Gasteiger partial charge in [0.15, 0.2) is 0 Å². The molecule has 0 bridgehead atoms. The zero-order valence-corrected chi connectivity index (χ0v) is 12.4. The van der Waals surface area contributed by atoms with Gasteiger partial charge in [0.1, 0.15) is 0 Å². The summed E-state index contributed by atoms with van der Waals surface area (Å²) in [6.07, 6.45) is 0.266. The van der Waals surface area contributed by atoms with Gasteiger partial charge in [-0.25, -0.2) is 8.42 Å². The summed E-state index contributed by atoms with van der Waals surface area (Å²) in [5.74, 6) is -0.116. The lowest BCUT2D eigenvalue weighted by atomic mass is 10.1. The van der Waals surface area contributed by atoms with E-state index in [9.17, 15) is 18.5 Å². The highest BCUT2D eigenvalue weighted by molar-refractivity contribution is 7.92. The lowest BCUT2D eigenvalue weighted by Gasteiger charge is -2.08. The Hall–Kier alpha value is -2.61. The molecular weight excluding hydrogens is 306 g/mol. The third-order valence-electron chi connectivity index (χ3n) is 2.99. The summed E-state index contributed by atoms with van der Waals surface area (Å²) < 4.78 is 26.4. The SMILES string of the molecule is Nc1ccc(NS(=O)(=O)CCc2ccc([N+](=O)[O-])cc2)cc1. The van der Waals surface area contributed by atoms with Crippen molar-refractivity contribution in [2.75, 3.05) is 16.2 Å². The van der Waals surface area contributed by atoms with Crippen LogP contribution in [0.2, 0.25) is 0 Å². The van der Waals surface area contributed by atoms with E-state index in [0.717, 1.165) is 0 Å². The zero-order chi connectivity index (χ0) is 16.2. The summed E-state index contributed by atoms with van der Waals surface area (Å²) in [4.78, 5) is 10.1. The minimum Gasteiger partial charge on any atom is -0.399 e. The van der Waals surface area contributed by atoms with Crippen LogP contribution in [-0.2, 0) is 16.4 Å². The number of nitrogens with two attached hydrogens (primary N) is 1. The van der Waals surface area contributed by atoms with Gasteiger partial charge in [0.2, 0.25) is 10.0 Å². The Morgan fingerprint density at radius 1 is 1.05 bits per heavy atom. The van der Waals surface area contributed by atoms with E-state index in [0.29, 0.717) is 16.9 Å². The third kappa shape index (κ3) is 4.45. The number of aryl methyl sites for hydroxylation is 1. The van der Waals surface area contributed by atoms with Crippen LogP contribution in [-0.4, -0.2) is 19.1 Å². The Kier molecular flexibility index (Phi) is 4.62. The van der Waals surface area contributed by atoms with Gasteiger partial charge in [-0.05, 0) is 36.2 Å². The van der Waals surface area contributed by atoms with Crippen LogP contribution < -0.4 is 10.5 Å². The van der Waals surface area contributed by atoms with Crippen molar-refractivity contribution in [3.05, 3.63) is 64.2 Å². The molecule has 0 spiro atoms. The molecule has 0 fully saturated rings. The number of nitrogens with one attached hydrogen (secondary N) is 1. The van der Waals surface area contributed by atoms with E-state index in [1.165, 1.54) is 12.1 Å². The van der Waals surface area contributed by atoms with Gasteiger partial charge in [-0.3, -0.25) is 14.8 Å². The van der Waals surface area contributed by atoms with Gasteiger partial charge in [-0.1, -0.05) is 12.1 Å². The van der Waals surface area contributed by atoms with Crippen LogP contribution in [0.5, 0.6) is 0 Å². The molecule has 0 amide bonds. The number of nitro groups is 1. The van der Waals surface area contributed by atoms with E-state index in [1.54, 1.807) is 36.4 Å². The van der Waals surface area contributed by atoms with E-state index >= 15 is 0 Å². The Morgan fingerprint density at radius 2 is 1.64 bits per heavy atom. The summed E-state index contributed by atoms with van der Waals surface area (Å²) >= 11 is 0. The van der Waals surface area contributed by atoms with Crippen LogP contribution in [0.1, 0.15) is 5.56 Å². The first-order chi connectivity index (χ1) is 10.4. The topological polar surface area (TPSA) is 115 Å². The van der Waals surface area contributed by atoms with E-state index in [2.05, 4.69) is 4.72 Å². The summed E-state index contributed by atoms with van der Waals surface area (Å²) in [7, 11) is -3.50. The molecule has 116 valence electrons. The molecule has 7 nitrogen and oxygen atoms in total. The van der Waals surface area contributed by atoms with Crippen LogP contribution in [0.25, 0.3) is 0 Å². The molecule has 0 aromatic heterocycles. The second kappa shape index (κ2) is 6.44. The minimum absolute atomic E-state index is 0.0217. The van der Waals surface area contributed by atoms with Crippen molar-refractivity contribution in [3.8, 4) is 0 Å². The van der Waals surface area contributed by atoms with E-state index in [-0.39, 0.29) is 17.9 Å². The highest BCUT2D eigenvalue weighted by Crippen LogP contribution is 2.15. The molecule has 0 aliphatic heterocycles. The predicted molar refractivity (Wildman–Crippen MR) is 85.1 cm³/mol. The molecule has 22 heavy (non-hydrogen) atoms. The second-order valence-corrected chi connectivity index (χ2v) is 6.56. The van der Waals surface area contributed by atoms with Crippen molar-refractivity contribution in [2.24, 2.45) is 0 Å². The number of hydrogen-bond acceptors (Lipinski definition) is 5. The lowest BCUT2D eigenvalue weighted by molar-refractivity contribution is -0.384. The first-order valence-corrected chi connectivity index (χ1v) is 8.10. The van der Waals surface area contributed by atoms with Crippen LogP contribution in [0.3, 0.4) is 0 Å². The fourth-order valence-corrected chi connectivity index (χ4v) is 2.92. The molecule has 2 aromatic carbocycles. The Labute approximate surface area is 128 Å². The summed E-state index contributed by atoms with van der Waals surface area (Å²) in [5, 5.41) is 10.5. The zero-order valence-electron chi connectivity index (χ0n) is 11.6. The van der Waals surface area contributed by atoms with Gasteiger partial charge in [0.05, 0.1) is 10.7 Å². The number of sulfonamides is 1. The quantitative estimate of drug-likeness (QED) is 0.480. The first kappa shape index (κ1) is 15.8. The third-order valence-corrected chi connectivity index (χ3v) is 4.28. The van der Waals surface area contributed by atoms with Gasteiger partial charge in [-0.15, -0.1) is 0 Å². The van der Waals surface area contributed by atoms with Crippen molar-refractivity contribution in [1.29, 1.82) is 0 Å². The molecule has 0 aliphatic carbocycles. The maximum absolute atomic E-state index is 12.0. The van der Waals surface area contributed by atoms with Gasteiger partial charge in [-0.2, -0.15) is 0 Å². The molecule has 0 heterocycles. The van der Waals surface area contributed by atoms with Gasteiger partial charge >= 0.3 is 0 Å². The number of non-ortho nitro benzene ring substituents is 1. The number of hydrogen-bond donors (Lipinski definition) is 2. The van der Waals surface area contributed by atoms with Crippen molar-refractivity contribution in [3.63, 3.8) is 0 Å². The van der Waals surface area contributed by atoms with E-state index in [1.807, 2.05) is 0 Å². The van der Waals surface area contributed by atoms with Crippen molar-refractivity contribution < 1.29 is 13.3 Å². The minimum atomic E-state index is -3.50. The molecule has 0 radical (unpaired) electrons. The van der Waals surface area contributed by atoms with Crippen LogP contribution in [0, 0.1) is 10.1 Å². The molecule has 0 saturated heterocycles. The molecule has 0 atom stereocenters. The van der Waals surface area contributed by atoms with Gasteiger partial charge in [0, 0.05) is 23.5 Å². The molecule has 3 N–H and O–H groups in total. The number of nitrogens with zero attached hydrogens (tertiary/aromatic N) is 1. The average Bonchev–Trinajstić information content (AvgIpc) is 2.48. The maximum atomic E-state index is 12.0. The Bertz CT molecular complexity index is 756. The second-order valence-electron chi connectivity index (χ2n) is 4.72. The standard InChI is InChI=1S/C14H15N3O4S/c15-12-3-5-13(6-4-12)16-22(20,21)10-9-11-1-7-14(8-2-11)17(18)19/h1-8,16H,9-10,15H2. The highest BCUT2D eigenvalue weighted by atomic mass is 32.2. The number of nitrogen functional groups attached to an aromatic ring is 1. The molecule has 2 aromatic rings. The Balaban J connectivity index is 1.97. The largest absolute Gasteiger partial charge is 0.399 e. The van der Waals surface area contributed by atoms with Crippen LogP contribution in [0.15, 0.2) is 48.5 Å². The smallest absolute Gasteiger partial charge is 0.269 e. The first-order valence-electron chi connectivity index (χ1n) is 6.45. The normalized spacial score (nSPS) is 11.1. The molecule has 8 heteroatoms. The summed E-state index contributed by atoms with van der Waals surface area (Å²) in [6.45, 7) is 0. The van der Waals surface area contributed by atoms with Crippen molar-refractivity contribution >= 4 is 27.1 Å². The molecule has 2 rings (SSSR count). The van der Waals surface area contributed by atoms with E-state index in [4.69, 9.17) is 5.73 Å². The monoisotopic (exact) mass is 321 g/mol. The highest BCUT2D eigenvalue weighted by Gasteiger charge is 2.11. The molecular formula is C14H15N3O4S. The number of benzene rings is 2. The van der Waals surface area contributed by atoms with E-state index < -0.39 is 14.9 Å². The van der Waals surface area contributed by atoms with Gasteiger partial charge < -0.3 is 5.73 Å². The summed E-state index contributed by atoms with van der Waals surface area (Å²) in [5.41, 5.74) is 7.22. The molecule has 0 saturated carbocycles. The average molecular weight is 321 g/mol. The number of rotatable bonds is 6. The maximum Gasteiger partial charge on any atom is 0.269 e. The van der Waals surface area contributed by atoms with Gasteiger partial charge in [0.25, 0.3) is 5.69 Å². The fraction of sp³-hybridized carbons (Fsp3) is 0.143. The van der Waals surface area contributed by atoms with Crippen molar-refractivity contribution in [2.45, 2.75) is 6.42 Å². The number of nitro benzene ring substituents is 1. The Morgan fingerprint density at radius 3 is 2.18 bits per heavy atom. The summed E-state index contributed by atoms with van der Waals surface area (Å²) in [6, 6.07) is 12.2. The fourth-order valence-electron chi connectivity index (χ4n) is 1.82. The lowest BCUT2D eigenvalue weighted by Crippen LogP contribution is -2.18. The molecule has 0 aliphatic rings. The van der Waals surface area contributed by atoms with Crippen molar-refractivity contribution in [1.82, 2.24) is 0 Å². The van der Waals surface area contributed by atoms with Crippen LogP contribution in [0.4, 0.5) is 17.1 Å². The number of anilines is 2. The molecule has 0 unspecified atom stereocenters. The van der Waals surface area contributed by atoms with Crippen LogP contribution >= 0.6 is 0 Å².